The molecule has 1 aliphatic carbocycles. The summed E-state index contributed by atoms with van der Waals surface area (Å²) in [5.74, 6) is -0.493. The monoisotopic (exact) mass is 741 g/mol. The van der Waals surface area contributed by atoms with Crippen molar-refractivity contribution in [2.24, 2.45) is 0 Å². The van der Waals surface area contributed by atoms with E-state index in [0.717, 1.165) is 42.0 Å². The molecular weight excluding hydrogens is 705 g/mol. The maximum Gasteiger partial charge on any atom is 0.264 e. The summed E-state index contributed by atoms with van der Waals surface area (Å²) in [7, 11) is -2.84. The summed E-state index contributed by atoms with van der Waals surface area (Å²) in [6, 6.07) is 25.5. The van der Waals surface area contributed by atoms with E-state index in [-0.39, 0.29) is 40.5 Å². The third-order valence-electron chi connectivity index (χ3n) is 8.64. The molecule has 8 nitrogen and oxygen atoms in total. The van der Waals surface area contributed by atoms with E-state index in [0.29, 0.717) is 21.4 Å². The number of rotatable bonds is 13. The number of amides is 2. The van der Waals surface area contributed by atoms with E-state index in [2.05, 4.69) is 5.32 Å². The zero-order valence-corrected chi connectivity index (χ0v) is 30.1. The van der Waals surface area contributed by atoms with Gasteiger partial charge in [0, 0.05) is 39.6 Å². The number of methoxy groups -OCH3 is 1. The molecule has 1 N–H and O–H groups in total. The molecule has 1 unspecified atom stereocenters. The number of hydrogen-bond acceptors (Lipinski definition) is 5. The highest BCUT2D eigenvalue weighted by Gasteiger charge is 2.36. The Kier molecular flexibility index (Phi) is 12.5. The number of carbonyl (C=O) groups excluding carboxylic acids is 2. The van der Waals surface area contributed by atoms with Crippen molar-refractivity contribution in [3.63, 3.8) is 0 Å². The third-order valence-corrected chi connectivity index (χ3v) is 11.4. The number of anilines is 1. The molecule has 1 aliphatic rings. The number of ether oxygens (including phenoxy) is 1. The molecular formula is C37H38Cl3N3O5S. The van der Waals surface area contributed by atoms with Crippen LogP contribution in [0.3, 0.4) is 0 Å². The molecule has 2 amide bonds. The Morgan fingerprint density at radius 1 is 0.857 bits per heavy atom. The van der Waals surface area contributed by atoms with Gasteiger partial charge in [0.05, 0.1) is 17.7 Å². The minimum absolute atomic E-state index is 0.0289. The highest BCUT2D eigenvalue weighted by molar-refractivity contribution is 7.92. The van der Waals surface area contributed by atoms with Crippen LogP contribution in [0.25, 0.3) is 0 Å². The summed E-state index contributed by atoms with van der Waals surface area (Å²) in [6.07, 6.45) is 4.98. The minimum Gasteiger partial charge on any atom is -0.497 e. The first-order valence-corrected chi connectivity index (χ1v) is 18.6. The summed E-state index contributed by atoms with van der Waals surface area (Å²) in [6.45, 7) is -0.780. The Bertz CT molecular complexity index is 1830. The summed E-state index contributed by atoms with van der Waals surface area (Å²) in [5, 5.41) is 4.10. The molecule has 258 valence electrons. The van der Waals surface area contributed by atoms with Crippen LogP contribution in [-0.4, -0.2) is 50.9 Å². The van der Waals surface area contributed by atoms with Gasteiger partial charge in [-0.15, -0.1) is 0 Å². The van der Waals surface area contributed by atoms with Crippen molar-refractivity contribution in [2.75, 3.05) is 18.0 Å². The van der Waals surface area contributed by atoms with Gasteiger partial charge >= 0.3 is 0 Å². The molecule has 5 rings (SSSR count). The number of carbonyl (C=O) groups is 2. The Labute approximate surface area is 303 Å². The predicted octanol–water partition coefficient (Wildman–Crippen LogP) is 7.94. The second-order valence-electron chi connectivity index (χ2n) is 11.9. The van der Waals surface area contributed by atoms with Gasteiger partial charge in [-0.3, -0.25) is 13.9 Å². The van der Waals surface area contributed by atoms with Crippen molar-refractivity contribution in [2.45, 2.75) is 62.0 Å². The average Bonchev–Trinajstić information content (AvgIpc) is 3.10. The van der Waals surface area contributed by atoms with Gasteiger partial charge in [-0.25, -0.2) is 8.42 Å². The van der Waals surface area contributed by atoms with Gasteiger partial charge in [-0.1, -0.05) is 96.5 Å². The summed E-state index contributed by atoms with van der Waals surface area (Å²) in [4.78, 5) is 30.3. The summed E-state index contributed by atoms with van der Waals surface area (Å²) >= 11 is 19.6. The molecule has 4 aromatic carbocycles. The maximum atomic E-state index is 14.7. The molecule has 0 radical (unpaired) electrons. The Morgan fingerprint density at radius 2 is 1.51 bits per heavy atom. The molecule has 0 spiro atoms. The smallest absolute Gasteiger partial charge is 0.264 e. The number of sulfonamides is 1. The van der Waals surface area contributed by atoms with Crippen molar-refractivity contribution < 1.29 is 22.7 Å². The van der Waals surface area contributed by atoms with E-state index >= 15 is 0 Å². The minimum atomic E-state index is -4.32. The van der Waals surface area contributed by atoms with Crippen LogP contribution in [0.1, 0.15) is 43.2 Å². The molecule has 0 heterocycles. The van der Waals surface area contributed by atoms with Gasteiger partial charge in [0.15, 0.2) is 0 Å². The van der Waals surface area contributed by atoms with E-state index < -0.39 is 28.5 Å². The van der Waals surface area contributed by atoms with E-state index in [4.69, 9.17) is 39.5 Å². The molecule has 0 saturated heterocycles. The molecule has 0 aromatic heterocycles. The summed E-state index contributed by atoms with van der Waals surface area (Å²) < 4.78 is 34.8. The van der Waals surface area contributed by atoms with E-state index in [1.807, 2.05) is 30.3 Å². The second-order valence-corrected chi connectivity index (χ2v) is 15.1. The largest absolute Gasteiger partial charge is 0.497 e. The number of benzene rings is 4. The zero-order chi connectivity index (χ0) is 35.0. The highest BCUT2D eigenvalue weighted by Crippen LogP contribution is 2.30. The second kappa shape index (κ2) is 16.8. The Morgan fingerprint density at radius 3 is 2.14 bits per heavy atom. The van der Waals surface area contributed by atoms with Crippen LogP contribution in [0.2, 0.25) is 15.1 Å². The topological polar surface area (TPSA) is 96.0 Å². The molecule has 0 bridgehead atoms. The van der Waals surface area contributed by atoms with Crippen LogP contribution in [0.15, 0.2) is 102 Å². The molecule has 0 aliphatic heterocycles. The molecule has 4 aromatic rings. The fourth-order valence-electron chi connectivity index (χ4n) is 5.99. The average molecular weight is 743 g/mol. The van der Waals surface area contributed by atoms with Crippen molar-refractivity contribution in [1.82, 2.24) is 10.2 Å². The van der Waals surface area contributed by atoms with Crippen molar-refractivity contribution >= 4 is 62.3 Å². The van der Waals surface area contributed by atoms with Crippen LogP contribution in [0, 0.1) is 0 Å². The van der Waals surface area contributed by atoms with Gasteiger partial charge in [0.1, 0.15) is 18.3 Å². The van der Waals surface area contributed by atoms with Crippen LogP contribution in [0.4, 0.5) is 5.69 Å². The molecule has 49 heavy (non-hydrogen) atoms. The standard InChI is InChI=1S/C37H38Cl3N3O5S/c1-48-30-18-20-31(21-19-30)49(46,47)43(29-15-8-12-27(38)23-29)25-36(44)42(24-32-33(39)16-9-17-34(32)40)35(22-26-10-4-2-5-11-26)37(45)41-28-13-6-3-7-14-28/h2,4-5,8-12,15-21,23,28,35H,3,6-7,13-14,22,24-25H2,1H3,(H,41,45). The van der Waals surface area contributed by atoms with Gasteiger partial charge in [0.25, 0.3) is 10.0 Å². The van der Waals surface area contributed by atoms with Gasteiger partial charge < -0.3 is 15.0 Å². The lowest BCUT2D eigenvalue weighted by atomic mass is 9.94. The number of halogens is 3. The number of nitrogens with zero attached hydrogens (tertiary/aromatic N) is 2. The fourth-order valence-corrected chi connectivity index (χ4v) is 8.09. The van der Waals surface area contributed by atoms with E-state index in [9.17, 15) is 18.0 Å². The Hall–Kier alpha value is -3.76. The summed E-state index contributed by atoms with van der Waals surface area (Å²) in [5.41, 5.74) is 1.44. The first kappa shape index (κ1) is 36.5. The van der Waals surface area contributed by atoms with Gasteiger partial charge in [0.2, 0.25) is 11.8 Å². The first-order chi connectivity index (χ1) is 23.6. The van der Waals surface area contributed by atoms with Crippen LogP contribution in [0.5, 0.6) is 5.75 Å². The lowest BCUT2D eigenvalue weighted by molar-refractivity contribution is -0.140. The lowest BCUT2D eigenvalue weighted by Crippen LogP contribution is -2.55. The zero-order valence-electron chi connectivity index (χ0n) is 27.0. The maximum absolute atomic E-state index is 14.7. The van der Waals surface area contributed by atoms with Crippen LogP contribution < -0.4 is 14.4 Å². The SMILES string of the molecule is COc1ccc(S(=O)(=O)N(CC(=O)N(Cc2c(Cl)cccc2Cl)C(Cc2ccccc2)C(=O)NC2CCCCC2)c2cccc(Cl)c2)cc1. The lowest BCUT2D eigenvalue weighted by Gasteiger charge is -2.35. The highest BCUT2D eigenvalue weighted by atomic mass is 35.5. The molecule has 1 saturated carbocycles. The van der Waals surface area contributed by atoms with Crippen LogP contribution in [-0.2, 0) is 32.6 Å². The number of nitrogens with one attached hydrogen (secondary N) is 1. The van der Waals surface area contributed by atoms with Crippen molar-refractivity contribution in [3.8, 4) is 5.75 Å². The third kappa shape index (κ3) is 9.28. The predicted molar refractivity (Wildman–Crippen MR) is 195 cm³/mol. The fraction of sp³-hybridized carbons (Fsp3) is 0.297. The van der Waals surface area contributed by atoms with Crippen molar-refractivity contribution in [1.29, 1.82) is 0 Å². The molecule has 12 heteroatoms. The molecule has 1 atom stereocenters. The molecule has 1 fully saturated rings. The first-order valence-electron chi connectivity index (χ1n) is 16.1. The number of hydrogen-bond donors (Lipinski definition) is 1. The van der Waals surface area contributed by atoms with Crippen LogP contribution >= 0.6 is 34.8 Å². The Balaban J connectivity index is 1.59. The van der Waals surface area contributed by atoms with Gasteiger partial charge in [-0.2, -0.15) is 0 Å². The quantitative estimate of drug-likeness (QED) is 0.150. The van der Waals surface area contributed by atoms with Gasteiger partial charge in [-0.05, 0) is 73.0 Å². The van der Waals surface area contributed by atoms with Crippen molar-refractivity contribution in [3.05, 3.63) is 123 Å². The van der Waals surface area contributed by atoms with E-state index in [1.54, 1.807) is 36.4 Å². The normalized spacial score (nSPS) is 14.1. The van der Waals surface area contributed by atoms with E-state index in [1.165, 1.54) is 42.3 Å².